The maximum Gasteiger partial charge on any atom is 0.226 e. The number of imidazole rings is 1. The average Bonchev–Trinajstić information content (AvgIpc) is 3.01. The third-order valence-electron chi connectivity index (χ3n) is 3.51. The molecule has 3 heterocycles. The SMILES string of the molecule is CN(C)Nc1nc(Cl)nc2c1ncn2[C@@H]1O[C@H](CO)C(O)C1O. The fourth-order valence-electron chi connectivity index (χ4n) is 2.48. The van der Waals surface area contributed by atoms with Crippen LogP contribution >= 0.6 is 11.6 Å². The zero-order valence-electron chi connectivity index (χ0n) is 12.5. The van der Waals surface area contributed by atoms with Crippen LogP contribution in [0.5, 0.6) is 0 Å². The molecule has 3 rings (SSSR count). The Kier molecular flexibility index (Phi) is 4.36. The predicted molar refractivity (Wildman–Crippen MR) is 80.7 cm³/mol. The number of hydrogen-bond donors (Lipinski definition) is 4. The number of hydrazine groups is 1. The van der Waals surface area contributed by atoms with Crippen molar-refractivity contribution in [2.24, 2.45) is 0 Å². The van der Waals surface area contributed by atoms with Gasteiger partial charge in [-0.3, -0.25) is 4.57 Å². The van der Waals surface area contributed by atoms with Gasteiger partial charge < -0.3 is 25.5 Å². The minimum absolute atomic E-state index is 0.00431. The molecule has 10 nitrogen and oxygen atoms in total. The van der Waals surface area contributed by atoms with E-state index >= 15 is 0 Å². The molecular weight excluding hydrogens is 328 g/mol. The first-order valence-electron chi connectivity index (χ1n) is 6.89. The molecule has 1 aliphatic heterocycles. The summed E-state index contributed by atoms with van der Waals surface area (Å²) in [6.07, 6.45) is -2.85. The van der Waals surface area contributed by atoms with E-state index in [4.69, 9.17) is 16.3 Å². The number of hydrogen-bond acceptors (Lipinski definition) is 9. The van der Waals surface area contributed by atoms with E-state index in [9.17, 15) is 15.3 Å². The quantitative estimate of drug-likeness (QED) is 0.407. The van der Waals surface area contributed by atoms with Gasteiger partial charge in [0.1, 0.15) is 18.3 Å². The molecular formula is C12H17ClN6O4. The van der Waals surface area contributed by atoms with Crippen LogP contribution in [0.3, 0.4) is 0 Å². The molecule has 0 aromatic carbocycles. The van der Waals surface area contributed by atoms with E-state index in [0.29, 0.717) is 17.0 Å². The first kappa shape index (κ1) is 16.3. The van der Waals surface area contributed by atoms with E-state index < -0.39 is 31.1 Å². The number of fused-ring (bicyclic) bond motifs is 1. The highest BCUT2D eigenvalue weighted by Gasteiger charge is 2.44. The van der Waals surface area contributed by atoms with E-state index in [1.54, 1.807) is 19.1 Å². The Morgan fingerprint density at radius 3 is 2.70 bits per heavy atom. The second-order valence-electron chi connectivity index (χ2n) is 5.40. The van der Waals surface area contributed by atoms with Crippen LogP contribution in [-0.2, 0) is 4.74 Å². The lowest BCUT2D eigenvalue weighted by atomic mass is 10.1. The Labute approximate surface area is 136 Å². The van der Waals surface area contributed by atoms with Crippen LogP contribution in [0, 0.1) is 0 Å². The molecule has 0 amide bonds. The van der Waals surface area contributed by atoms with Crippen LogP contribution in [0.15, 0.2) is 6.33 Å². The van der Waals surface area contributed by atoms with Crippen molar-refractivity contribution in [3.05, 3.63) is 11.6 Å². The minimum atomic E-state index is -1.23. The van der Waals surface area contributed by atoms with Crippen molar-refractivity contribution in [1.29, 1.82) is 0 Å². The third-order valence-corrected chi connectivity index (χ3v) is 3.68. The molecule has 11 heteroatoms. The average molecular weight is 345 g/mol. The van der Waals surface area contributed by atoms with Crippen molar-refractivity contribution in [1.82, 2.24) is 24.5 Å². The summed E-state index contributed by atoms with van der Waals surface area (Å²) < 4.78 is 6.94. The molecule has 0 aliphatic carbocycles. The topological polar surface area (TPSA) is 129 Å². The second-order valence-corrected chi connectivity index (χ2v) is 5.74. The first-order chi connectivity index (χ1) is 10.9. The molecule has 0 saturated carbocycles. The Morgan fingerprint density at radius 1 is 1.35 bits per heavy atom. The molecule has 4 atom stereocenters. The summed E-state index contributed by atoms with van der Waals surface area (Å²) in [6, 6.07) is 0. The van der Waals surface area contributed by atoms with Crippen LogP contribution in [0.4, 0.5) is 5.82 Å². The van der Waals surface area contributed by atoms with Gasteiger partial charge in [-0.2, -0.15) is 9.97 Å². The number of nitrogens with one attached hydrogen (secondary N) is 1. The van der Waals surface area contributed by atoms with Crippen LogP contribution < -0.4 is 5.43 Å². The van der Waals surface area contributed by atoms with Crippen LogP contribution in [0.2, 0.25) is 5.28 Å². The molecule has 1 aliphatic rings. The Morgan fingerprint density at radius 2 is 2.09 bits per heavy atom. The highest BCUT2D eigenvalue weighted by molar-refractivity contribution is 6.28. The van der Waals surface area contributed by atoms with Gasteiger partial charge >= 0.3 is 0 Å². The maximum absolute atomic E-state index is 10.1. The Hall–Kier alpha value is -1.56. The van der Waals surface area contributed by atoms with Gasteiger partial charge in [0.15, 0.2) is 23.2 Å². The lowest BCUT2D eigenvalue weighted by Gasteiger charge is -2.17. The summed E-state index contributed by atoms with van der Waals surface area (Å²) in [5.41, 5.74) is 3.73. The van der Waals surface area contributed by atoms with E-state index in [-0.39, 0.29) is 5.28 Å². The van der Waals surface area contributed by atoms with Crippen molar-refractivity contribution in [3.63, 3.8) is 0 Å². The Bertz CT molecular complexity index is 710. The number of halogens is 1. The van der Waals surface area contributed by atoms with Gasteiger partial charge in [-0.25, -0.2) is 9.99 Å². The normalized spacial score (nSPS) is 28.0. The number of anilines is 1. The summed E-state index contributed by atoms with van der Waals surface area (Å²) in [7, 11) is 3.57. The highest BCUT2D eigenvalue weighted by atomic mass is 35.5. The summed E-state index contributed by atoms with van der Waals surface area (Å²) in [5.74, 6) is 0.399. The van der Waals surface area contributed by atoms with Gasteiger partial charge in [-0.05, 0) is 11.6 Å². The standard InChI is InChI=1S/C12H17ClN6O4/c1-18(2)17-9-6-10(16-12(13)15-9)19(4-14-6)11-8(22)7(21)5(3-20)23-11/h4-5,7-8,11,20-22H,3H2,1-2H3,(H,15,16,17)/t5-,7?,8?,11-/m1/s1. The van der Waals surface area contributed by atoms with Gasteiger partial charge in [-0.1, -0.05) is 0 Å². The van der Waals surface area contributed by atoms with E-state index in [2.05, 4.69) is 20.4 Å². The maximum atomic E-state index is 10.1. The van der Waals surface area contributed by atoms with E-state index in [0.717, 1.165) is 0 Å². The van der Waals surface area contributed by atoms with Crippen molar-refractivity contribution in [2.45, 2.75) is 24.5 Å². The smallest absolute Gasteiger partial charge is 0.226 e. The first-order valence-corrected chi connectivity index (χ1v) is 7.26. The number of rotatable bonds is 4. The van der Waals surface area contributed by atoms with Crippen LogP contribution in [0.25, 0.3) is 11.2 Å². The monoisotopic (exact) mass is 344 g/mol. The lowest BCUT2D eigenvalue weighted by Crippen LogP contribution is -2.33. The second kappa shape index (κ2) is 6.15. The molecule has 0 spiro atoms. The summed E-state index contributed by atoms with van der Waals surface area (Å²) in [4.78, 5) is 12.4. The lowest BCUT2D eigenvalue weighted by molar-refractivity contribution is -0.0511. The van der Waals surface area contributed by atoms with Gasteiger partial charge in [0.2, 0.25) is 5.28 Å². The summed E-state index contributed by atoms with van der Waals surface area (Å²) in [5, 5.41) is 30.9. The molecule has 126 valence electrons. The summed E-state index contributed by atoms with van der Waals surface area (Å²) in [6.45, 7) is -0.412. The molecule has 2 aromatic rings. The number of aliphatic hydroxyl groups is 3. The van der Waals surface area contributed by atoms with Crippen molar-refractivity contribution in [3.8, 4) is 0 Å². The Balaban J connectivity index is 2.04. The molecule has 4 N–H and O–H groups in total. The third kappa shape index (κ3) is 2.84. The highest BCUT2D eigenvalue weighted by Crippen LogP contribution is 2.32. The van der Waals surface area contributed by atoms with Crippen molar-refractivity contribution < 1.29 is 20.1 Å². The largest absolute Gasteiger partial charge is 0.394 e. The molecule has 0 radical (unpaired) electrons. The van der Waals surface area contributed by atoms with Gasteiger partial charge in [0.25, 0.3) is 0 Å². The number of nitrogens with zero attached hydrogens (tertiary/aromatic N) is 5. The molecule has 2 aromatic heterocycles. The van der Waals surface area contributed by atoms with Gasteiger partial charge in [-0.15, -0.1) is 0 Å². The predicted octanol–water partition coefficient (Wildman–Crippen LogP) is -1.02. The fraction of sp³-hybridized carbons (Fsp3) is 0.583. The molecule has 2 unspecified atom stereocenters. The molecule has 1 fully saturated rings. The van der Waals surface area contributed by atoms with Crippen LogP contribution in [-0.4, -0.2) is 78.9 Å². The van der Waals surface area contributed by atoms with Crippen LogP contribution in [0.1, 0.15) is 6.23 Å². The number of ether oxygens (including phenoxy) is 1. The molecule has 1 saturated heterocycles. The summed E-state index contributed by atoms with van der Waals surface area (Å²) >= 11 is 5.95. The molecule has 0 bridgehead atoms. The zero-order valence-corrected chi connectivity index (χ0v) is 13.2. The number of aliphatic hydroxyl groups excluding tert-OH is 3. The minimum Gasteiger partial charge on any atom is -0.394 e. The fourth-order valence-corrected chi connectivity index (χ4v) is 2.64. The van der Waals surface area contributed by atoms with Crippen molar-refractivity contribution in [2.75, 3.05) is 26.1 Å². The zero-order chi connectivity index (χ0) is 16.7. The van der Waals surface area contributed by atoms with E-state index in [1.807, 2.05) is 0 Å². The van der Waals surface area contributed by atoms with Gasteiger partial charge in [0.05, 0.1) is 12.9 Å². The number of aromatic nitrogens is 4. The molecule has 23 heavy (non-hydrogen) atoms. The van der Waals surface area contributed by atoms with E-state index in [1.165, 1.54) is 10.9 Å². The van der Waals surface area contributed by atoms with Gasteiger partial charge in [0, 0.05) is 14.1 Å². The van der Waals surface area contributed by atoms with Crippen molar-refractivity contribution >= 4 is 28.6 Å².